The van der Waals surface area contributed by atoms with E-state index in [1.807, 2.05) is 42.2 Å². The molecule has 1 aromatic rings. The van der Waals surface area contributed by atoms with Gasteiger partial charge in [-0.05, 0) is 19.3 Å². The third-order valence-corrected chi connectivity index (χ3v) is 3.73. The van der Waals surface area contributed by atoms with Crippen LogP contribution in [0, 0.1) is 5.92 Å². The lowest BCUT2D eigenvalue weighted by Crippen LogP contribution is -2.40. The number of amides is 1. The van der Waals surface area contributed by atoms with Crippen molar-refractivity contribution in [2.24, 2.45) is 5.92 Å². The van der Waals surface area contributed by atoms with Crippen molar-refractivity contribution in [3.63, 3.8) is 0 Å². The molecule has 1 fully saturated rings. The maximum atomic E-state index is 11.9. The van der Waals surface area contributed by atoms with E-state index in [4.69, 9.17) is 0 Å². The Morgan fingerprint density at radius 2 is 2.05 bits per heavy atom. The number of hydrogen-bond donors (Lipinski definition) is 0. The van der Waals surface area contributed by atoms with Crippen molar-refractivity contribution in [2.75, 3.05) is 13.1 Å². The van der Waals surface area contributed by atoms with E-state index in [0.717, 1.165) is 31.4 Å². The van der Waals surface area contributed by atoms with Gasteiger partial charge in [0.2, 0.25) is 5.91 Å². The average molecular weight is 259 g/mol. The van der Waals surface area contributed by atoms with Gasteiger partial charge in [0.1, 0.15) is 0 Å². The van der Waals surface area contributed by atoms with Gasteiger partial charge in [-0.25, -0.2) is 0 Å². The zero-order valence-electron chi connectivity index (χ0n) is 11.5. The minimum atomic E-state index is 0.151. The van der Waals surface area contributed by atoms with Crippen LogP contribution in [-0.2, 0) is 4.79 Å². The smallest absolute Gasteiger partial charge is 0.225 e. The molecule has 0 radical (unpaired) electrons. The quantitative estimate of drug-likeness (QED) is 0.762. The van der Waals surface area contributed by atoms with E-state index < -0.39 is 0 Å². The van der Waals surface area contributed by atoms with Gasteiger partial charge < -0.3 is 4.90 Å². The molecule has 1 atom stereocenters. The Morgan fingerprint density at radius 1 is 1.32 bits per heavy atom. The Kier molecular flexibility index (Phi) is 4.72. The number of ketones is 1. The molecular formula is C16H21NO2. The molecule has 1 aliphatic rings. The summed E-state index contributed by atoms with van der Waals surface area (Å²) >= 11 is 0. The number of benzene rings is 1. The minimum absolute atomic E-state index is 0.151. The van der Waals surface area contributed by atoms with E-state index >= 15 is 0 Å². The zero-order valence-corrected chi connectivity index (χ0v) is 11.5. The normalized spacial score (nSPS) is 19.5. The fraction of sp³-hybridized carbons (Fsp3) is 0.500. The Balaban J connectivity index is 1.77. The molecule has 19 heavy (non-hydrogen) atoms. The molecule has 1 aromatic carbocycles. The summed E-state index contributed by atoms with van der Waals surface area (Å²) in [5.74, 6) is 0.565. The standard InChI is InChI=1S/C16H21NO2/c1-13-7-5-11-17(16(13)19)12-6-10-15(18)14-8-3-2-4-9-14/h2-4,8-9,13H,5-7,10-12H2,1H3. The first kappa shape index (κ1) is 13.8. The number of nitrogens with zero attached hydrogens (tertiary/aromatic N) is 1. The first-order valence-corrected chi connectivity index (χ1v) is 7.05. The first-order chi connectivity index (χ1) is 9.18. The lowest BCUT2D eigenvalue weighted by molar-refractivity contribution is -0.137. The van der Waals surface area contributed by atoms with Crippen LogP contribution in [0.25, 0.3) is 0 Å². The number of hydrogen-bond acceptors (Lipinski definition) is 2. The van der Waals surface area contributed by atoms with Gasteiger partial charge in [-0.15, -0.1) is 0 Å². The molecule has 0 bridgehead atoms. The van der Waals surface area contributed by atoms with E-state index in [9.17, 15) is 9.59 Å². The maximum absolute atomic E-state index is 11.9. The topological polar surface area (TPSA) is 37.4 Å². The van der Waals surface area contributed by atoms with Gasteiger partial charge >= 0.3 is 0 Å². The second-order valence-electron chi connectivity index (χ2n) is 5.26. The van der Waals surface area contributed by atoms with Crippen molar-refractivity contribution in [1.29, 1.82) is 0 Å². The van der Waals surface area contributed by atoms with Crippen molar-refractivity contribution in [1.82, 2.24) is 4.90 Å². The van der Waals surface area contributed by atoms with Crippen LogP contribution in [0.4, 0.5) is 0 Å². The minimum Gasteiger partial charge on any atom is -0.342 e. The number of piperidine rings is 1. The lowest BCUT2D eigenvalue weighted by atomic mass is 9.98. The van der Waals surface area contributed by atoms with Crippen LogP contribution in [0.3, 0.4) is 0 Å². The molecular weight excluding hydrogens is 238 g/mol. The van der Waals surface area contributed by atoms with E-state index in [-0.39, 0.29) is 17.6 Å². The highest BCUT2D eigenvalue weighted by Gasteiger charge is 2.24. The second kappa shape index (κ2) is 6.50. The van der Waals surface area contributed by atoms with Crippen LogP contribution in [-0.4, -0.2) is 29.7 Å². The summed E-state index contributed by atoms with van der Waals surface area (Å²) in [6.07, 6.45) is 3.35. The largest absolute Gasteiger partial charge is 0.342 e. The average Bonchev–Trinajstić information content (AvgIpc) is 2.44. The molecule has 1 amide bonds. The van der Waals surface area contributed by atoms with Crippen LogP contribution in [0.5, 0.6) is 0 Å². The monoisotopic (exact) mass is 259 g/mol. The fourth-order valence-corrected chi connectivity index (χ4v) is 2.55. The molecule has 1 aliphatic heterocycles. The highest BCUT2D eigenvalue weighted by atomic mass is 16.2. The molecule has 2 rings (SSSR count). The van der Waals surface area contributed by atoms with Crippen molar-refractivity contribution < 1.29 is 9.59 Å². The molecule has 1 heterocycles. The summed E-state index contributed by atoms with van der Waals surface area (Å²) < 4.78 is 0. The molecule has 3 nitrogen and oxygen atoms in total. The number of carbonyl (C=O) groups is 2. The predicted octanol–water partition coefficient (Wildman–Crippen LogP) is 2.91. The van der Waals surface area contributed by atoms with Crippen LogP contribution in [0.15, 0.2) is 30.3 Å². The van der Waals surface area contributed by atoms with Crippen molar-refractivity contribution in [3.8, 4) is 0 Å². The van der Waals surface area contributed by atoms with Crippen molar-refractivity contribution >= 4 is 11.7 Å². The first-order valence-electron chi connectivity index (χ1n) is 7.05. The summed E-state index contributed by atoms with van der Waals surface area (Å²) in [5, 5.41) is 0. The highest BCUT2D eigenvalue weighted by molar-refractivity contribution is 5.95. The van der Waals surface area contributed by atoms with E-state index in [1.165, 1.54) is 0 Å². The Bertz CT molecular complexity index is 441. The molecule has 0 aliphatic carbocycles. The molecule has 0 N–H and O–H groups in total. The molecule has 3 heteroatoms. The van der Waals surface area contributed by atoms with Gasteiger partial charge in [-0.1, -0.05) is 37.3 Å². The third-order valence-electron chi connectivity index (χ3n) is 3.73. The molecule has 102 valence electrons. The van der Waals surface area contributed by atoms with Crippen molar-refractivity contribution in [3.05, 3.63) is 35.9 Å². The van der Waals surface area contributed by atoms with Crippen molar-refractivity contribution in [2.45, 2.75) is 32.6 Å². The molecule has 0 saturated carbocycles. The second-order valence-corrected chi connectivity index (χ2v) is 5.26. The van der Waals surface area contributed by atoms with Crippen LogP contribution in [0.1, 0.15) is 43.0 Å². The SMILES string of the molecule is CC1CCCN(CCCC(=O)c2ccccc2)C1=O. The van der Waals surface area contributed by atoms with E-state index in [0.29, 0.717) is 13.0 Å². The van der Waals surface area contributed by atoms with Gasteiger partial charge in [-0.3, -0.25) is 9.59 Å². The van der Waals surface area contributed by atoms with E-state index in [2.05, 4.69) is 0 Å². The molecule has 1 saturated heterocycles. The Morgan fingerprint density at radius 3 is 2.79 bits per heavy atom. The molecule has 1 unspecified atom stereocenters. The zero-order chi connectivity index (χ0) is 13.7. The summed E-state index contributed by atoms with van der Waals surface area (Å²) in [6, 6.07) is 9.35. The summed E-state index contributed by atoms with van der Waals surface area (Å²) in [4.78, 5) is 25.7. The highest BCUT2D eigenvalue weighted by Crippen LogP contribution is 2.17. The molecule has 0 spiro atoms. The van der Waals surface area contributed by atoms with Gasteiger partial charge in [0.05, 0.1) is 0 Å². The van der Waals surface area contributed by atoms with Gasteiger partial charge in [0, 0.05) is 31.0 Å². The molecule has 0 aromatic heterocycles. The Hall–Kier alpha value is -1.64. The van der Waals surface area contributed by atoms with Crippen LogP contribution < -0.4 is 0 Å². The number of Topliss-reactive ketones (excluding diaryl/α,β-unsaturated/α-hetero) is 1. The van der Waals surface area contributed by atoms with Gasteiger partial charge in [0.25, 0.3) is 0 Å². The van der Waals surface area contributed by atoms with E-state index in [1.54, 1.807) is 0 Å². The summed E-state index contributed by atoms with van der Waals surface area (Å²) in [6.45, 7) is 3.55. The lowest BCUT2D eigenvalue weighted by Gasteiger charge is -2.30. The number of likely N-dealkylation sites (tertiary alicyclic amines) is 1. The Labute approximate surface area is 114 Å². The fourth-order valence-electron chi connectivity index (χ4n) is 2.55. The summed E-state index contributed by atoms with van der Waals surface area (Å²) in [7, 11) is 0. The van der Waals surface area contributed by atoms with Crippen LogP contribution >= 0.6 is 0 Å². The predicted molar refractivity (Wildman–Crippen MR) is 75.0 cm³/mol. The van der Waals surface area contributed by atoms with Crippen LogP contribution in [0.2, 0.25) is 0 Å². The van der Waals surface area contributed by atoms with Gasteiger partial charge in [-0.2, -0.15) is 0 Å². The van der Waals surface area contributed by atoms with Gasteiger partial charge in [0.15, 0.2) is 5.78 Å². The summed E-state index contributed by atoms with van der Waals surface area (Å²) in [5.41, 5.74) is 0.765. The number of rotatable bonds is 5. The maximum Gasteiger partial charge on any atom is 0.225 e. The number of carbonyl (C=O) groups excluding carboxylic acids is 2. The third kappa shape index (κ3) is 3.66.